The van der Waals surface area contributed by atoms with Crippen molar-refractivity contribution in [2.45, 2.75) is 38.8 Å². The summed E-state index contributed by atoms with van der Waals surface area (Å²) in [6.45, 7) is 4.80. The highest BCUT2D eigenvalue weighted by atomic mass is 15.1. The highest BCUT2D eigenvalue weighted by molar-refractivity contribution is 5.24. The van der Waals surface area contributed by atoms with E-state index in [4.69, 9.17) is 0 Å². The number of hydrogen-bond acceptors (Lipinski definition) is 1. The third-order valence-corrected chi connectivity index (χ3v) is 4.54. The molecule has 5 atom stereocenters. The molecule has 0 aromatic heterocycles. The first-order valence-electron chi connectivity index (χ1n) is 4.51. The summed E-state index contributed by atoms with van der Waals surface area (Å²) in [5.41, 5.74) is 0.782. The Hall–Kier alpha value is -0.0400. The standard InChI is InChI=1S/C9H15N/c1-5-3-7-8-4-9(5,7)6(2)10-8/h5-8,10H,3-4H2,1-2H3. The van der Waals surface area contributed by atoms with Gasteiger partial charge in [-0.3, -0.25) is 0 Å². The number of rotatable bonds is 0. The summed E-state index contributed by atoms with van der Waals surface area (Å²) in [5, 5.41) is 3.67. The third kappa shape index (κ3) is 0.315. The van der Waals surface area contributed by atoms with E-state index in [2.05, 4.69) is 19.2 Å². The van der Waals surface area contributed by atoms with Crippen LogP contribution in [0, 0.1) is 17.3 Å². The molecule has 2 aliphatic carbocycles. The zero-order valence-electron chi connectivity index (χ0n) is 6.72. The predicted octanol–water partition coefficient (Wildman–Crippen LogP) is 1.39. The Morgan fingerprint density at radius 2 is 2.20 bits per heavy atom. The van der Waals surface area contributed by atoms with Crippen molar-refractivity contribution in [1.29, 1.82) is 0 Å². The second-order valence-electron chi connectivity index (χ2n) is 4.55. The van der Waals surface area contributed by atoms with Crippen LogP contribution < -0.4 is 5.32 Å². The zero-order chi connectivity index (χ0) is 6.93. The van der Waals surface area contributed by atoms with Gasteiger partial charge in [-0.25, -0.2) is 0 Å². The maximum Gasteiger partial charge on any atom is 0.0110 e. The Morgan fingerprint density at radius 3 is 2.60 bits per heavy atom. The maximum absolute atomic E-state index is 3.67. The van der Waals surface area contributed by atoms with Gasteiger partial charge in [0.05, 0.1) is 0 Å². The van der Waals surface area contributed by atoms with E-state index in [1.807, 2.05) is 0 Å². The quantitative estimate of drug-likeness (QED) is 0.532. The van der Waals surface area contributed by atoms with Crippen molar-refractivity contribution in [3.63, 3.8) is 0 Å². The maximum atomic E-state index is 3.67. The van der Waals surface area contributed by atoms with Gasteiger partial charge >= 0.3 is 0 Å². The summed E-state index contributed by atoms with van der Waals surface area (Å²) in [6, 6.07) is 1.75. The van der Waals surface area contributed by atoms with E-state index in [1.165, 1.54) is 12.8 Å². The van der Waals surface area contributed by atoms with Crippen LogP contribution in [0.3, 0.4) is 0 Å². The van der Waals surface area contributed by atoms with Crippen LogP contribution in [0.25, 0.3) is 0 Å². The molecule has 0 aromatic carbocycles. The molecule has 0 aromatic rings. The van der Waals surface area contributed by atoms with Crippen LogP contribution in [0.1, 0.15) is 26.7 Å². The molecule has 0 radical (unpaired) electrons. The van der Waals surface area contributed by atoms with E-state index in [0.717, 1.165) is 29.3 Å². The molecule has 56 valence electrons. The summed E-state index contributed by atoms with van der Waals surface area (Å²) in [6.07, 6.45) is 2.99. The molecule has 1 nitrogen and oxygen atoms in total. The van der Waals surface area contributed by atoms with Gasteiger partial charge in [0.15, 0.2) is 0 Å². The minimum absolute atomic E-state index is 0.782. The summed E-state index contributed by atoms with van der Waals surface area (Å²) >= 11 is 0. The van der Waals surface area contributed by atoms with Gasteiger partial charge in [-0.1, -0.05) is 6.92 Å². The summed E-state index contributed by atoms with van der Waals surface area (Å²) in [4.78, 5) is 0. The van der Waals surface area contributed by atoms with Crippen LogP contribution >= 0.6 is 0 Å². The van der Waals surface area contributed by atoms with Gasteiger partial charge in [-0.05, 0) is 37.0 Å². The monoisotopic (exact) mass is 137 g/mol. The van der Waals surface area contributed by atoms with E-state index in [9.17, 15) is 0 Å². The molecule has 2 heterocycles. The number of fused-ring (bicyclic) bond motifs is 1. The molecule has 2 saturated carbocycles. The number of hydrogen-bond donors (Lipinski definition) is 1. The Bertz CT molecular complexity index is 185. The molecule has 5 unspecified atom stereocenters. The molecule has 2 aliphatic heterocycles. The van der Waals surface area contributed by atoms with E-state index in [0.29, 0.717) is 0 Å². The van der Waals surface area contributed by atoms with Gasteiger partial charge in [-0.15, -0.1) is 0 Å². The topological polar surface area (TPSA) is 12.0 Å². The third-order valence-electron chi connectivity index (χ3n) is 4.54. The van der Waals surface area contributed by atoms with E-state index in [-0.39, 0.29) is 0 Å². The molecular formula is C9H15N. The molecule has 4 aliphatic rings. The van der Waals surface area contributed by atoms with Crippen LogP contribution in [-0.2, 0) is 0 Å². The van der Waals surface area contributed by atoms with Crippen molar-refractivity contribution in [2.75, 3.05) is 0 Å². The van der Waals surface area contributed by atoms with Crippen LogP contribution in [0.15, 0.2) is 0 Å². The largest absolute Gasteiger partial charge is 0.311 e. The molecule has 0 amide bonds. The Morgan fingerprint density at radius 1 is 1.40 bits per heavy atom. The van der Waals surface area contributed by atoms with Crippen molar-refractivity contribution in [3.05, 3.63) is 0 Å². The molecular weight excluding hydrogens is 122 g/mol. The number of nitrogens with one attached hydrogen (secondary N) is 1. The van der Waals surface area contributed by atoms with E-state index in [1.54, 1.807) is 0 Å². The SMILES string of the molecule is CC1CC2C3CC12C(C)N3. The predicted molar refractivity (Wildman–Crippen MR) is 40.7 cm³/mol. The molecule has 1 heteroatoms. The first kappa shape index (κ1) is 5.59. The molecule has 2 saturated heterocycles. The van der Waals surface area contributed by atoms with Gasteiger partial charge in [0.25, 0.3) is 0 Å². The lowest BCUT2D eigenvalue weighted by Crippen LogP contribution is -2.60. The van der Waals surface area contributed by atoms with Gasteiger partial charge in [0, 0.05) is 12.1 Å². The minimum atomic E-state index is 0.782. The molecule has 2 bridgehead atoms. The van der Waals surface area contributed by atoms with Gasteiger partial charge in [0.2, 0.25) is 0 Å². The van der Waals surface area contributed by atoms with Gasteiger partial charge in [0.1, 0.15) is 0 Å². The van der Waals surface area contributed by atoms with E-state index >= 15 is 0 Å². The second-order valence-corrected chi connectivity index (χ2v) is 4.55. The van der Waals surface area contributed by atoms with Crippen LogP contribution in [0.2, 0.25) is 0 Å². The first-order valence-corrected chi connectivity index (χ1v) is 4.51. The Balaban J connectivity index is 2.00. The fourth-order valence-electron chi connectivity index (χ4n) is 3.85. The van der Waals surface area contributed by atoms with Crippen molar-refractivity contribution >= 4 is 0 Å². The van der Waals surface area contributed by atoms with Crippen molar-refractivity contribution in [3.8, 4) is 0 Å². The van der Waals surface area contributed by atoms with Crippen LogP contribution in [-0.4, -0.2) is 12.1 Å². The van der Waals surface area contributed by atoms with Crippen LogP contribution in [0.5, 0.6) is 0 Å². The van der Waals surface area contributed by atoms with Crippen molar-refractivity contribution in [1.82, 2.24) is 5.32 Å². The second kappa shape index (κ2) is 1.29. The highest BCUT2D eigenvalue weighted by Gasteiger charge is 2.71. The Labute approximate surface area is 62.2 Å². The van der Waals surface area contributed by atoms with Gasteiger partial charge < -0.3 is 5.32 Å². The minimum Gasteiger partial charge on any atom is -0.311 e. The van der Waals surface area contributed by atoms with Gasteiger partial charge in [-0.2, -0.15) is 0 Å². The molecule has 10 heavy (non-hydrogen) atoms. The lowest BCUT2D eigenvalue weighted by Gasteiger charge is -2.62. The average Bonchev–Trinajstić information content (AvgIpc) is 2.32. The fraction of sp³-hybridized carbons (Fsp3) is 1.00. The van der Waals surface area contributed by atoms with Crippen molar-refractivity contribution in [2.24, 2.45) is 17.3 Å². The molecule has 4 rings (SSSR count). The van der Waals surface area contributed by atoms with E-state index < -0.39 is 0 Å². The van der Waals surface area contributed by atoms with Crippen molar-refractivity contribution < 1.29 is 0 Å². The fourth-order valence-corrected chi connectivity index (χ4v) is 3.85. The highest BCUT2D eigenvalue weighted by Crippen LogP contribution is 2.70. The molecule has 1 N–H and O–H groups in total. The molecule has 4 fully saturated rings. The average molecular weight is 137 g/mol. The lowest BCUT2D eigenvalue weighted by molar-refractivity contribution is -0.108. The molecule has 1 spiro atoms. The lowest BCUT2D eigenvalue weighted by atomic mass is 9.42. The Kier molecular flexibility index (Phi) is 0.722. The smallest absolute Gasteiger partial charge is 0.0110 e. The first-order chi connectivity index (χ1) is 4.75. The summed E-state index contributed by atoms with van der Waals surface area (Å²) < 4.78 is 0. The summed E-state index contributed by atoms with van der Waals surface area (Å²) in [5.74, 6) is 2.09. The zero-order valence-corrected chi connectivity index (χ0v) is 6.72. The van der Waals surface area contributed by atoms with Crippen LogP contribution in [0.4, 0.5) is 0 Å². The summed E-state index contributed by atoms with van der Waals surface area (Å²) in [7, 11) is 0. The normalized spacial score (nSPS) is 70.2.